The predicted octanol–water partition coefficient (Wildman–Crippen LogP) is 7.88. The molecule has 53 heavy (non-hydrogen) atoms. The first-order chi connectivity index (χ1) is 25.8. The third kappa shape index (κ3) is 25.9. The number of ether oxygens (including phenoxy) is 4. The fraction of sp³-hybridized carbons (Fsp3) is 0.721. The van der Waals surface area contributed by atoms with E-state index in [0.29, 0.717) is 12.8 Å². The fourth-order valence-electron chi connectivity index (χ4n) is 5.68. The Labute approximate surface area is 320 Å². The van der Waals surface area contributed by atoms with Crippen LogP contribution in [0, 0.1) is 0 Å². The Kier molecular flexibility index (Phi) is 31.0. The molecule has 10 heteroatoms. The molecule has 6 atom stereocenters. The number of aliphatic hydroxyl groups excluding tert-OH is 4. The highest BCUT2D eigenvalue weighted by Crippen LogP contribution is 2.22. The Morgan fingerprint density at radius 2 is 1.11 bits per heavy atom. The van der Waals surface area contributed by atoms with E-state index in [1.807, 2.05) is 0 Å². The highest BCUT2D eigenvalue weighted by atomic mass is 16.7. The van der Waals surface area contributed by atoms with Crippen LogP contribution in [0.2, 0.25) is 0 Å². The number of aliphatic hydroxyl groups is 4. The van der Waals surface area contributed by atoms with Crippen LogP contribution in [0.15, 0.2) is 60.8 Å². The summed E-state index contributed by atoms with van der Waals surface area (Å²) >= 11 is 0. The van der Waals surface area contributed by atoms with Gasteiger partial charge < -0.3 is 39.4 Å². The molecule has 0 bridgehead atoms. The maximum atomic E-state index is 12.7. The highest BCUT2D eigenvalue weighted by Gasteiger charge is 2.44. The normalized spacial score (nSPS) is 21.5. The van der Waals surface area contributed by atoms with Crippen LogP contribution in [-0.4, -0.2) is 89.0 Å². The molecule has 1 aliphatic heterocycles. The van der Waals surface area contributed by atoms with Gasteiger partial charge >= 0.3 is 11.9 Å². The average Bonchev–Trinajstić information content (AvgIpc) is 3.15. The van der Waals surface area contributed by atoms with Crippen molar-refractivity contribution in [1.82, 2.24) is 0 Å². The topological polar surface area (TPSA) is 152 Å². The van der Waals surface area contributed by atoms with Gasteiger partial charge in [0.2, 0.25) is 0 Å². The minimum absolute atomic E-state index is 0.220. The molecule has 10 nitrogen and oxygen atoms in total. The van der Waals surface area contributed by atoms with Gasteiger partial charge in [-0.1, -0.05) is 132 Å². The number of hydrogen-bond acceptors (Lipinski definition) is 10. The lowest BCUT2D eigenvalue weighted by Crippen LogP contribution is -2.59. The summed E-state index contributed by atoms with van der Waals surface area (Å²) in [6.45, 7) is 3.22. The van der Waals surface area contributed by atoms with Crippen LogP contribution in [0.25, 0.3) is 0 Å². The van der Waals surface area contributed by atoms with Crippen LogP contribution in [0.1, 0.15) is 142 Å². The van der Waals surface area contributed by atoms with E-state index >= 15 is 0 Å². The third-order valence-electron chi connectivity index (χ3n) is 8.92. The van der Waals surface area contributed by atoms with Gasteiger partial charge in [-0.3, -0.25) is 9.59 Å². The molecule has 0 spiro atoms. The van der Waals surface area contributed by atoms with Gasteiger partial charge in [0.25, 0.3) is 0 Å². The second kappa shape index (κ2) is 33.9. The maximum absolute atomic E-state index is 12.7. The molecule has 1 saturated heterocycles. The fourth-order valence-corrected chi connectivity index (χ4v) is 5.68. The van der Waals surface area contributed by atoms with E-state index in [0.717, 1.165) is 70.6 Å². The van der Waals surface area contributed by atoms with Crippen molar-refractivity contribution in [2.24, 2.45) is 0 Å². The molecule has 1 fully saturated rings. The smallest absolute Gasteiger partial charge is 0.306 e. The van der Waals surface area contributed by atoms with Gasteiger partial charge in [-0.15, -0.1) is 0 Å². The van der Waals surface area contributed by atoms with Gasteiger partial charge in [-0.2, -0.15) is 0 Å². The van der Waals surface area contributed by atoms with Gasteiger partial charge in [0, 0.05) is 12.8 Å². The molecule has 304 valence electrons. The number of carbonyl (C=O) groups is 2. The lowest BCUT2D eigenvalue weighted by atomic mass is 9.99. The number of hydrogen-bond donors (Lipinski definition) is 4. The lowest BCUT2D eigenvalue weighted by Gasteiger charge is -2.39. The first-order valence-corrected chi connectivity index (χ1v) is 20.4. The summed E-state index contributed by atoms with van der Waals surface area (Å²) in [5, 5.41) is 39.9. The minimum Gasteiger partial charge on any atom is -0.462 e. The van der Waals surface area contributed by atoms with Crippen molar-refractivity contribution in [2.45, 2.75) is 179 Å². The molecule has 4 N–H and O–H groups in total. The van der Waals surface area contributed by atoms with Crippen LogP contribution >= 0.6 is 0 Å². The van der Waals surface area contributed by atoms with E-state index in [1.54, 1.807) is 0 Å². The second-order valence-electron chi connectivity index (χ2n) is 13.7. The quantitative estimate of drug-likeness (QED) is 0.0304. The summed E-state index contributed by atoms with van der Waals surface area (Å²) in [7, 11) is 0. The first-order valence-electron chi connectivity index (χ1n) is 20.4. The Morgan fingerprint density at radius 1 is 0.604 bits per heavy atom. The summed E-state index contributed by atoms with van der Waals surface area (Å²) in [6.07, 6.45) is 32.4. The van der Waals surface area contributed by atoms with Crippen molar-refractivity contribution in [3.8, 4) is 0 Å². The minimum atomic E-state index is -1.60. The number of allylic oxidation sites excluding steroid dienone is 10. The molecule has 0 amide bonds. The molecule has 1 aliphatic rings. The molecule has 0 aromatic heterocycles. The van der Waals surface area contributed by atoms with Crippen molar-refractivity contribution in [1.29, 1.82) is 0 Å². The van der Waals surface area contributed by atoms with E-state index in [4.69, 9.17) is 18.9 Å². The molecule has 0 saturated carbocycles. The van der Waals surface area contributed by atoms with E-state index in [-0.39, 0.29) is 26.1 Å². The van der Waals surface area contributed by atoms with Crippen molar-refractivity contribution in [3.63, 3.8) is 0 Å². The van der Waals surface area contributed by atoms with Crippen LogP contribution in [0.5, 0.6) is 0 Å². The summed E-state index contributed by atoms with van der Waals surface area (Å²) in [4.78, 5) is 25.2. The summed E-state index contributed by atoms with van der Waals surface area (Å²) in [5.41, 5.74) is 0. The largest absolute Gasteiger partial charge is 0.462 e. The van der Waals surface area contributed by atoms with E-state index in [9.17, 15) is 30.0 Å². The van der Waals surface area contributed by atoms with Crippen molar-refractivity contribution >= 4 is 11.9 Å². The number of rotatable bonds is 32. The van der Waals surface area contributed by atoms with Crippen molar-refractivity contribution < 1.29 is 49.0 Å². The summed E-state index contributed by atoms with van der Waals surface area (Å²) in [5.74, 6) is -0.853. The van der Waals surface area contributed by atoms with E-state index < -0.39 is 55.4 Å². The Morgan fingerprint density at radius 3 is 1.68 bits per heavy atom. The summed E-state index contributed by atoms with van der Waals surface area (Å²) in [6, 6.07) is 0. The molecule has 1 heterocycles. The first kappa shape index (κ1) is 48.4. The molecule has 1 rings (SSSR count). The van der Waals surface area contributed by atoms with Crippen molar-refractivity contribution in [2.75, 3.05) is 19.8 Å². The van der Waals surface area contributed by atoms with E-state index in [1.165, 1.54) is 32.1 Å². The zero-order valence-electron chi connectivity index (χ0n) is 32.7. The Bertz CT molecular complexity index is 1050. The van der Waals surface area contributed by atoms with Gasteiger partial charge in [0.05, 0.1) is 13.2 Å². The van der Waals surface area contributed by atoms with E-state index in [2.05, 4.69) is 74.6 Å². The lowest BCUT2D eigenvalue weighted by molar-refractivity contribution is -0.305. The number of carbonyl (C=O) groups excluding carboxylic acids is 2. The number of unbranched alkanes of at least 4 members (excludes halogenated alkanes) is 11. The number of esters is 2. The molecule has 2 unspecified atom stereocenters. The molecule has 0 aliphatic carbocycles. The van der Waals surface area contributed by atoms with Crippen LogP contribution in [0.4, 0.5) is 0 Å². The third-order valence-corrected chi connectivity index (χ3v) is 8.92. The molecule has 0 aromatic carbocycles. The molecular weight excluding hydrogens is 676 g/mol. The van der Waals surface area contributed by atoms with Crippen LogP contribution in [-0.2, 0) is 28.5 Å². The molecule has 0 aromatic rings. The molecular formula is C43H72O10. The van der Waals surface area contributed by atoms with Gasteiger partial charge in [-0.25, -0.2) is 0 Å². The monoisotopic (exact) mass is 749 g/mol. The van der Waals surface area contributed by atoms with Crippen LogP contribution in [0.3, 0.4) is 0 Å². The SMILES string of the molecule is CC/C=C/C/C=C/C/C=C/C/C=C/C/C=C/CCCCCC(=O)OC[C@@H](CO[C@H]1O[C@@H](CO)[C@@H](O)C(O)C1O)OC(=O)CCCCCCCCCCC. The molecule has 0 radical (unpaired) electrons. The standard InChI is InChI=1S/C43H72O10/c1-3-5-7-9-11-13-14-15-16-17-18-19-20-21-22-24-25-27-29-31-38(45)50-34-36(35-51-43-42(49)41(48)40(47)37(33-44)53-43)52-39(46)32-30-28-26-23-12-10-8-6-4-2/h5,7,11,13,15-16,18-19,21-22,36-37,40-44,47-49H,3-4,6,8-10,12,14,17,20,23-35H2,1-2H3/b7-5+,13-11+,16-15+,19-18+,22-21+/t36-,37-,40+,41?,42?,43-/m0/s1. The van der Waals surface area contributed by atoms with Gasteiger partial charge in [0.1, 0.15) is 31.0 Å². The summed E-state index contributed by atoms with van der Waals surface area (Å²) < 4.78 is 22.0. The van der Waals surface area contributed by atoms with Crippen molar-refractivity contribution in [3.05, 3.63) is 60.8 Å². The Balaban J connectivity index is 2.37. The highest BCUT2D eigenvalue weighted by molar-refractivity contribution is 5.70. The van der Waals surface area contributed by atoms with Crippen LogP contribution < -0.4 is 0 Å². The second-order valence-corrected chi connectivity index (χ2v) is 13.7. The zero-order chi connectivity index (χ0) is 38.8. The van der Waals surface area contributed by atoms with Gasteiger partial charge in [-0.05, 0) is 57.8 Å². The maximum Gasteiger partial charge on any atom is 0.306 e. The Hall–Kier alpha value is -2.60. The predicted molar refractivity (Wildman–Crippen MR) is 210 cm³/mol. The zero-order valence-corrected chi connectivity index (χ0v) is 32.7. The average molecular weight is 749 g/mol. The van der Waals surface area contributed by atoms with Gasteiger partial charge in [0.15, 0.2) is 12.4 Å².